The fraction of sp³-hybridized carbons (Fsp3) is 0. The average Bonchev–Trinajstić information content (AvgIpc) is 3.53. The predicted molar refractivity (Wildman–Crippen MR) is 194 cm³/mol. The van der Waals surface area contributed by atoms with Crippen molar-refractivity contribution in [2.24, 2.45) is 0 Å². The van der Waals surface area contributed by atoms with E-state index in [1.165, 1.54) is 10.8 Å². The van der Waals surface area contributed by atoms with Crippen LogP contribution in [0.15, 0.2) is 174 Å². The molecule has 3 heteroatoms. The van der Waals surface area contributed by atoms with Gasteiger partial charge in [-0.3, -0.25) is 0 Å². The highest BCUT2D eigenvalue weighted by molar-refractivity contribution is 6.06. The van der Waals surface area contributed by atoms with Crippen molar-refractivity contribution in [1.29, 1.82) is 0 Å². The van der Waals surface area contributed by atoms with Crippen LogP contribution in [0.25, 0.3) is 88.9 Å². The van der Waals surface area contributed by atoms with Crippen molar-refractivity contribution in [1.82, 2.24) is 9.97 Å². The Bertz CT molecular complexity index is 2510. The molecule has 2 heterocycles. The van der Waals surface area contributed by atoms with Gasteiger partial charge >= 0.3 is 0 Å². The summed E-state index contributed by atoms with van der Waals surface area (Å²) in [4.78, 5) is 10.2. The maximum Gasteiger partial charge on any atom is 0.160 e. The summed E-state index contributed by atoms with van der Waals surface area (Å²) in [7, 11) is 0. The van der Waals surface area contributed by atoms with Gasteiger partial charge in [0, 0.05) is 27.5 Å². The molecule has 0 aliphatic heterocycles. The Hall–Kier alpha value is -6.32. The molecule has 7 aromatic carbocycles. The van der Waals surface area contributed by atoms with Crippen LogP contribution in [0.2, 0.25) is 0 Å². The Morgan fingerprint density at radius 3 is 1.68 bits per heavy atom. The molecule has 0 saturated carbocycles. The molecule has 0 saturated heterocycles. The van der Waals surface area contributed by atoms with Crippen LogP contribution in [0.5, 0.6) is 0 Å². The van der Waals surface area contributed by atoms with Crippen LogP contribution in [0.3, 0.4) is 0 Å². The molecule has 0 aliphatic rings. The van der Waals surface area contributed by atoms with Crippen molar-refractivity contribution in [2.45, 2.75) is 0 Å². The fourth-order valence-electron chi connectivity index (χ4n) is 6.45. The van der Waals surface area contributed by atoms with Gasteiger partial charge in [-0.1, -0.05) is 121 Å². The third kappa shape index (κ3) is 5.04. The molecule has 2 aromatic heterocycles. The number of nitrogens with zero attached hydrogens (tertiary/aromatic N) is 2. The molecule has 47 heavy (non-hydrogen) atoms. The van der Waals surface area contributed by atoms with Crippen LogP contribution in [-0.4, -0.2) is 9.97 Å². The Balaban J connectivity index is 1.27. The summed E-state index contributed by atoms with van der Waals surface area (Å²) in [6, 6.07) is 59.3. The van der Waals surface area contributed by atoms with Gasteiger partial charge in [0.15, 0.2) is 5.82 Å². The maximum absolute atomic E-state index is 6.30. The van der Waals surface area contributed by atoms with E-state index >= 15 is 0 Å². The number of fused-ring (bicyclic) bond motifs is 4. The molecule has 0 bridgehead atoms. The van der Waals surface area contributed by atoms with E-state index in [0.717, 1.165) is 72.3 Å². The van der Waals surface area contributed by atoms with Crippen molar-refractivity contribution in [3.05, 3.63) is 170 Å². The highest BCUT2D eigenvalue weighted by Gasteiger charge is 2.15. The van der Waals surface area contributed by atoms with Crippen LogP contribution >= 0.6 is 0 Å². The first-order valence-corrected chi connectivity index (χ1v) is 15.8. The van der Waals surface area contributed by atoms with E-state index in [0.29, 0.717) is 5.82 Å². The molecule has 0 unspecified atom stereocenters. The normalized spacial score (nSPS) is 11.4. The molecule has 3 nitrogen and oxygen atoms in total. The molecule has 0 N–H and O–H groups in total. The summed E-state index contributed by atoms with van der Waals surface area (Å²) in [5.74, 6) is 0.698. The van der Waals surface area contributed by atoms with Gasteiger partial charge in [-0.15, -0.1) is 0 Å². The molecular formula is C44H28N2O. The maximum atomic E-state index is 6.30. The van der Waals surface area contributed by atoms with Crippen LogP contribution < -0.4 is 0 Å². The van der Waals surface area contributed by atoms with Crippen molar-refractivity contribution in [3.8, 4) is 56.2 Å². The molecule has 220 valence electrons. The summed E-state index contributed by atoms with van der Waals surface area (Å²) in [6.07, 6.45) is 0. The standard InChI is InChI=1S/C44H28N2O/c1-3-12-30(13-4-1)40-28-41(46-44(45-40)31-14-5-2-6-15-31)37-25-35(33-20-19-29-11-7-8-16-32(29)23-33)24-36(26-37)34-21-22-39-38-17-9-10-18-42(38)47-43(39)27-34/h1-28H. The molecule has 0 spiro atoms. The summed E-state index contributed by atoms with van der Waals surface area (Å²) in [6.45, 7) is 0. The van der Waals surface area contributed by atoms with Gasteiger partial charge in [-0.05, 0) is 81.6 Å². The van der Waals surface area contributed by atoms with Gasteiger partial charge in [0.1, 0.15) is 11.2 Å². The Labute approximate surface area is 272 Å². The van der Waals surface area contributed by atoms with Gasteiger partial charge in [0.25, 0.3) is 0 Å². The van der Waals surface area contributed by atoms with Crippen molar-refractivity contribution in [3.63, 3.8) is 0 Å². The first kappa shape index (κ1) is 27.0. The number of furan rings is 1. The van der Waals surface area contributed by atoms with E-state index in [-0.39, 0.29) is 0 Å². The largest absolute Gasteiger partial charge is 0.456 e. The van der Waals surface area contributed by atoms with Gasteiger partial charge in [0.2, 0.25) is 0 Å². The second kappa shape index (κ2) is 11.2. The third-order valence-corrected chi connectivity index (χ3v) is 8.85. The van der Waals surface area contributed by atoms with Crippen molar-refractivity contribution in [2.75, 3.05) is 0 Å². The monoisotopic (exact) mass is 600 g/mol. The average molecular weight is 601 g/mol. The molecule has 0 aliphatic carbocycles. The molecule has 0 radical (unpaired) electrons. The Kier molecular flexibility index (Phi) is 6.46. The lowest BCUT2D eigenvalue weighted by atomic mass is 9.93. The zero-order valence-corrected chi connectivity index (χ0v) is 25.5. The minimum atomic E-state index is 0.698. The molecule has 0 fully saturated rings. The summed E-state index contributed by atoms with van der Waals surface area (Å²) >= 11 is 0. The highest BCUT2D eigenvalue weighted by Crippen LogP contribution is 2.37. The number of benzene rings is 7. The summed E-state index contributed by atoms with van der Waals surface area (Å²) < 4.78 is 6.30. The van der Waals surface area contributed by atoms with E-state index < -0.39 is 0 Å². The van der Waals surface area contributed by atoms with Crippen LogP contribution in [0.1, 0.15) is 0 Å². The Morgan fingerprint density at radius 2 is 0.894 bits per heavy atom. The molecule has 9 rings (SSSR count). The minimum Gasteiger partial charge on any atom is -0.456 e. The van der Waals surface area contributed by atoms with E-state index in [1.807, 2.05) is 48.5 Å². The zero-order valence-electron chi connectivity index (χ0n) is 25.5. The number of rotatable bonds is 5. The minimum absolute atomic E-state index is 0.698. The second-order valence-electron chi connectivity index (χ2n) is 11.9. The first-order chi connectivity index (χ1) is 23.2. The lowest BCUT2D eigenvalue weighted by Gasteiger charge is -2.13. The van der Waals surface area contributed by atoms with Crippen LogP contribution in [0, 0.1) is 0 Å². The van der Waals surface area contributed by atoms with Gasteiger partial charge in [0.05, 0.1) is 11.4 Å². The quantitative estimate of drug-likeness (QED) is 0.197. The van der Waals surface area contributed by atoms with Gasteiger partial charge < -0.3 is 4.42 Å². The molecular weight excluding hydrogens is 572 g/mol. The summed E-state index contributed by atoms with van der Waals surface area (Å²) in [5, 5.41) is 4.67. The van der Waals surface area contributed by atoms with E-state index in [9.17, 15) is 0 Å². The number of para-hydroxylation sites is 1. The lowest BCUT2D eigenvalue weighted by molar-refractivity contribution is 0.669. The lowest BCUT2D eigenvalue weighted by Crippen LogP contribution is -1.96. The van der Waals surface area contributed by atoms with E-state index in [1.54, 1.807) is 0 Å². The van der Waals surface area contributed by atoms with Crippen LogP contribution in [-0.2, 0) is 0 Å². The predicted octanol–water partition coefficient (Wildman–Crippen LogP) is 11.9. The second-order valence-corrected chi connectivity index (χ2v) is 11.9. The van der Waals surface area contributed by atoms with Crippen molar-refractivity contribution < 1.29 is 4.42 Å². The number of hydrogen-bond donors (Lipinski definition) is 0. The van der Waals surface area contributed by atoms with Crippen molar-refractivity contribution >= 4 is 32.7 Å². The molecule has 0 atom stereocenters. The molecule has 9 aromatic rings. The Morgan fingerprint density at radius 1 is 0.319 bits per heavy atom. The highest BCUT2D eigenvalue weighted by atomic mass is 16.3. The first-order valence-electron chi connectivity index (χ1n) is 15.8. The van der Waals surface area contributed by atoms with E-state index in [4.69, 9.17) is 14.4 Å². The number of hydrogen-bond acceptors (Lipinski definition) is 3. The molecule has 0 amide bonds. The summed E-state index contributed by atoms with van der Waals surface area (Å²) in [5.41, 5.74) is 11.0. The third-order valence-electron chi connectivity index (χ3n) is 8.85. The topological polar surface area (TPSA) is 38.9 Å². The number of aromatic nitrogens is 2. The smallest absolute Gasteiger partial charge is 0.160 e. The van der Waals surface area contributed by atoms with Gasteiger partial charge in [-0.2, -0.15) is 0 Å². The van der Waals surface area contributed by atoms with Crippen LogP contribution in [0.4, 0.5) is 0 Å². The van der Waals surface area contributed by atoms with E-state index in [2.05, 4.69) is 121 Å². The van der Waals surface area contributed by atoms with Gasteiger partial charge in [-0.25, -0.2) is 9.97 Å². The zero-order chi connectivity index (χ0) is 31.2. The fourth-order valence-corrected chi connectivity index (χ4v) is 6.45. The SMILES string of the molecule is c1ccc(-c2cc(-c3cc(-c4ccc5ccccc5c4)cc(-c4ccc5c(c4)oc4ccccc45)c3)nc(-c3ccccc3)n2)cc1.